The minimum absolute atomic E-state index is 0.0175. The molecule has 0 saturated heterocycles. The molecule has 20 heavy (non-hydrogen) atoms. The maximum atomic E-state index is 12.1. The average molecular weight is 536 g/mol. The maximum Gasteiger partial charge on any atom is 0.338 e. The highest BCUT2D eigenvalue weighted by molar-refractivity contribution is 9.14. The number of hydrogen-bond acceptors (Lipinski definition) is 3. The molecular weight excluding hydrogens is 524 g/mol. The molecule has 0 amide bonds. The lowest BCUT2D eigenvalue weighted by Gasteiger charge is -2.41. The van der Waals surface area contributed by atoms with E-state index < -0.39 is 18.2 Å². The number of aliphatic hydroxyl groups is 1. The lowest BCUT2D eigenvalue weighted by Crippen LogP contribution is -2.57. The summed E-state index contributed by atoms with van der Waals surface area (Å²) in [5, 5.41) is 10.3. The van der Waals surface area contributed by atoms with Crippen LogP contribution in [-0.2, 0) is 4.74 Å². The van der Waals surface area contributed by atoms with E-state index in [2.05, 4.69) is 63.7 Å². The number of aliphatic hydroxyl groups excluding tert-OH is 1. The second-order valence-electron chi connectivity index (χ2n) is 4.50. The van der Waals surface area contributed by atoms with Crippen LogP contribution >= 0.6 is 63.7 Å². The molecule has 0 unspecified atom stereocenters. The molecule has 1 saturated carbocycles. The molecule has 0 bridgehead atoms. The predicted octanol–water partition coefficient (Wildman–Crippen LogP) is 3.64. The zero-order chi connectivity index (χ0) is 14.9. The highest BCUT2D eigenvalue weighted by atomic mass is 79.9. The molecule has 1 aliphatic rings. The summed E-state index contributed by atoms with van der Waals surface area (Å²) in [6, 6.07) is 8.75. The van der Waals surface area contributed by atoms with Gasteiger partial charge in [0.15, 0.2) is 0 Å². The van der Waals surface area contributed by atoms with Crippen molar-refractivity contribution in [2.24, 2.45) is 0 Å². The Bertz CT molecular complexity index is 454. The van der Waals surface area contributed by atoms with E-state index in [9.17, 15) is 9.90 Å². The number of rotatable bonds is 2. The van der Waals surface area contributed by atoms with Crippen LogP contribution in [0.4, 0.5) is 0 Å². The molecule has 0 spiro atoms. The molecule has 2 rings (SSSR count). The number of ether oxygens (including phenoxy) is 1. The summed E-state index contributed by atoms with van der Waals surface area (Å²) >= 11 is 14.0. The Morgan fingerprint density at radius 3 is 2.10 bits per heavy atom. The van der Waals surface area contributed by atoms with Crippen LogP contribution in [0, 0.1) is 0 Å². The Hall–Kier alpha value is 0.570. The van der Waals surface area contributed by atoms with Gasteiger partial charge in [0.05, 0.1) is 15.2 Å². The summed E-state index contributed by atoms with van der Waals surface area (Å²) in [6.07, 6.45) is -1.43. The molecule has 0 aromatic heterocycles. The Morgan fingerprint density at radius 1 is 0.950 bits per heavy atom. The smallest absolute Gasteiger partial charge is 0.338 e. The minimum Gasteiger partial charge on any atom is -0.455 e. The number of halogens is 4. The van der Waals surface area contributed by atoms with Crippen LogP contribution in [0.15, 0.2) is 30.3 Å². The van der Waals surface area contributed by atoms with Crippen LogP contribution in [0.2, 0.25) is 0 Å². The van der Waals surface area contributed by atoms with Crippen LogP contribution in [0.25, 0.3) is 0 Å². The standard InChI is InChI=1S/C13H12Br4O3/c14-7-8(15)10(17)12(11(18)9(7)16)20-13(19)6-4-2-1-3-5-6/h1-5,7-12,18H/t7-,8-,9+,10+,11+,12-/m0/s1. The molecule has 1 N–H and O–H groups in total. The van der Waals surface area contributed by atoms with E-state index in [4.69, 9.17) is 4.74 Å². The second-order valence-corrected chi connectivity index (χ2v) is 8.73. The van der Waals surface area contributed by atoms with Gasteiger partial charge in [0.2, 0.25) is 0 Å². The van der Waals surface area contributed by atoms with Crippen molar-refractivity contribution in [1.82, 2.24) is 0 Å². The number of carbonyl (C=O) groups excluding carboxylic acids is 1. The first kappa shape index (κ1) is 16.9. The van der Waals surface area contributed by atoms with Gasteiger partial charge in [-0.1, -0.05) is 81.9 Å². The van der Waals surface area contributed by atoms with Crippen molar-refractivity contribution < 1.29 is 14.6 Å². The zero-order valence-electron chi connectivity index (χ0n) is 10.1. The summed E-state index contributed by atoms with van der Waals surface area (Å²) in [6.45, 7) is 0. The highest BCUT2D eigenvalue weighted by Gasteiger charge is 2.48. The van der Waals surface area contributed by atoms with E-state index in [1.165, 1.54) is 0 Å². The Balaban J connectivity index is 2.13. The number of hydrogen-bond donors (Lipinski definition) is 1. The van der Waals surface area contributed by atoms with Gasteiger partial charge in [-0.2, -0.15) is 0 Å². The SMILES string of the molecule is O=C(O[C@@H]1[C@H](O)[C@H](Br)[C@@H](Br)[C@H](Br)[C@H]1Br)c1ccccc1. The molecule has 1 fully saturated rings. The predicted molar refractivity (Wildman–Crippen MR) is 92.5 cm³/mol. The Labute approximate surface area is 151 Å². The molecular formula is C13H12Br4O3. The van der Waals surface area contributed by atoms with Crippen LogP contribution < -0.4 is 0 Å². The van der Waals surface area contributed by atoms with Crippen LogP contribution in [0.5, 0.6) is 0 Å². The quantitative estimate of drug-likeness (QED) is 0.465. The summed E-state index contributed by atoms with van der Waals surface area (Å²) in [4.78, 5) is 11.7. The second kappa shape index (κ2) is 7.22. The highest BCUT2D eigenvalue weighted by Crippen LogP contribution is 2.40. The molecule has 0 aliphatic heterocycles. The Morgan fingerprint density at radius 2 is 1.50 bits per heavy atom. The van der Waals surface area contributed by atoms with Crippen molar-refractivity contribution in [1.29, 1.82) is 0 Å². The molecule has 1 aliphatic carbocycles. The molecule has 3 nitrogen and oxygen atoms in total. The average Bonchev–Trinajstić information content (AvgIpc) is 2.48. The minimum atomic E-state index is -0.801. The third kappa shape index (κ3) is 3.48. The van der Waals surface area contributed by atoms with Crippen molar-refractivity contribution in [3.05, 3.63) is 35.9 Å². The van der Waals surface area contributed by atoms with Gasteiger partial charge in [0, 0.05) is 9.65 Å². The van der Waals surface area contributed by atoms with Gasteiger partial charge in [0.25, 0.3) is 0 Å². The van der Waals surface area contributed by atoms with E-state index >= 15 is 0 Å². The topological polar surface area (TPSA) is 46.5 Å². The van der Waals surface area contributed by atoms with Crippen molar-refractivity contribution in [2.45, 2.75) is 31.5 Å². The molecule has 110 valence electrons. The fourth-order valence-electron chi connectivity index (χ4n) is 1.99. The maximum absolute atomic E-state index is 12.1. The molecule has 0 heterocycles. The van der Waals surface area contributed by atoms with Crippen molar-refractivity contribution >= 4 is 69.7 Å². The third-order valence-corrected chi connectivity index (χ3v) is 9.75. The largest absolute Gasteiger partial charge is 0.455 e. The lowest BCUT2D eigenvalue weighted by atomic mass is 9.94. The number of benzene rings is 1. The fraction of sp³-hybridized carbons (Fsp3) is 0.462. The molecule has 6 atom stereocenters. The van der Waals surface area contributed by atoms with Gasteiger partial charge in [-0.15, -0.1) is 0 Å². The van der Waals surface area contributed by atoms with Crippen LogP contribution in [0.3, 0.4) is 0 Å². The first-order chi connectivity index (χ1) is 9.43. The van der Waals surface area contributed by atoms with Gasteiger partial charge in [-0.05, 0) is 12.1 Å². The van der Waals surface area contributed by atoms with Crippen LogP contribution in [-0.4, -0.2) is 42.6 Å². The van der Waals surface area contributed by atoms with Crippen LogP contribution in [0.1, 0.15) is 10.4 Å². The van der Waals surface area contributed by atoms with Gasteiger partial charge >= 0.3 is 5.97 Å². The first-order valence-corrected chi connectivity index (χ1v) is 9.60. The lowest BCUT2D eigenvalue weighted by molar-refractivity contribution is -0.0257. The van der Waals surface area contributed by atoms with Gasteiger partial charge in [-0.3, -0.25) is 0 Å². The monoisotopic (exact) mass is 532 g/mol. The van der Waals surface area contributed by atoms with Gasteiger partial charge in [-0.25, -0.2) is 4.79 Å². The molecule has 1 aromatic carbocycles. The van der Waals surface area contributed by atoms with E-state index in [0.717, 1.165) is 0 Å². The molecule has 7 heteroatoms. The summed E-state index contributed by atoms with van der Waals surface area (Å²) in [5.41, 5.74) is 0.470. The van der Waals surface area contributed by atoms with E-state index in [1.807, 2.05) is 6.07 Å². The van der Waals surface area contributed by atoms with E-state index in [1.54, 1.807) is 24.3 Å². The summed E-state index contributed by atoms with van der Waals surface area (Å²) in [5.74, 6) is -0.438. The number of alkyl halides is 4. The number of carbonyl (C=O) groups is 1. The third-order valence-electron chi connectivity index (χ3n) is 3.14. The molecule has 0 radical (unpaired) electrons. The van der Waals surface area contributed by atoms with Crippen molar-refractivity contribution in [3.8, 4) is 0 Å². The zero-order valence-corrected chi connectivity index (χ0v) is 16.5. The van der Waals surface area contributed by atoms with E-state index in [-0.39, 0.29) is 19.3 Å². The first-order valence-electron chi connectivity index (χ1n) is 5.94. The Kier molecular flexibility index (Phi) is 6.11. The van der Waals surface area contributed by atoms with Crippen molar-refractivity contribution in [2.75, 3.05) is 0 Å². The normalized spacial score (nSPS) is 37.5. The van der Waals surface area contributed by atoms with Gasteiger partial charge < -0.3 is 9.84 Å². The summed E-state index contributed by atoms with van der Waals surface area (Å²) in [7, 11) is 0. The summed E-state index contributed by atoms with van der Waals surface area (Å²) < 4.78 is 5.47. The molecule has 1 aromatic rings. The number of esters is 1. The van der Waals surface area contributed by atoms with E-state index in [0.29, 0.717) is 5.56 Å². The van der Waals surface area contributed by atoms with Crippen molar-refractivity contribution in [3.63, 3.8) is 0 Å². The van der Waals surface area contributed by atoms with Gasteiger partial charge in [0.1, 0.15) is 12.2 Å². The fourth-order valence-corrected chi connectivity index (χ4v) is 5.46.